The van der Waals surface area contributed by atoms with Gasteiger partial charge >= 0.3 is 12.1 Å². The van der Waals surface area contributed by atoms with Crippen LogP contribution in [0.2, 0.25) is 0 Å². The van der Waals surface area contributed by atoms with Gasteiger partial charge in [-0.05, 0) is 56.4 Å². The van der Waals surface area contributed by atoms with E-state index in [1.165, 1.54) is 0 Å². The van der Waals surface area contributed by atoms with E-state index in [9.17, 15) is 14.7 Å². The van der Waals surface area contributed by atoms with Crippen LogP contribution in [0, 0.1) is 5.92 Å². The molecule has 1 aromatic heterocycles. The molecular weight excluding hydrogens is 400 g/mol. The molecule has 0 radical (unpaired) electrons. The number of hydrogen-bond acceptors (Lipinski definition) is 6. The summed E-state index contributed by atoms with van der Waals surface area (Å²) in [5.41, 5.74) is 2.29. The fraction of sp³-hybridized carbons (Fsp3) is 0.545. The van der Waals surface area contributed by atoms with Crippen LogP contribution in [0.1, 0.15) is 51.1 Å². The largest absolute Gasteiger partial charge is 0.490 e. The standard InChI is InChI=1S/C22H30N4O5/c1-3-4-12-30-22(29)23-14-19-20(24-25-26(19)2)15-8-10-17(11-9-15)31-18-7-5-6-16(13-18)21(27)28/h8-11,16,18H,3-7,12-14H2,1-2H3,(H,23,29)(H,27,28)/t16-,18-/m1/s1. The molecule has 1 fully saturated rings. The Kier molecular flexibility index (Phi) is 7.86. The maximum atomic E-state index is 11.8. The van der Waals surface area contributed by atoms with Crippen molar-refractivity contribution in [3.8, 4) is 17.0 Å². The number of aromatic nitrogens is 3. The van der Waals surface area contributed by atoms with Crippen LogP contribution in [0.5, 0.6) is 5.75 Å². The van der Waals surface area contributed by atoms with E-state index >= 15 is 0 Å². The van der Waals surface area contributed by atoms with Gasteiger partial charge in [0.1, 0.15) is 11.4 Å². The second-order valence-electron chi connectivity index (χ2n) is 7.82. The quantitative estimate of drug-likeness (QED) is 0.585. The minimum Gasteiger partial charge on any atom is -0.490 e. The van der Waals surface area contributed by atoms with Crippen molar-refractivity contribution in [1.29, 1.82) is 0 Å². The Morgan fingerprint density at radius 1 is 1.26 bits per heavy atom. The zero-order chi connectivity index (χ0) is 22.2. The van der Waals surface area contributed by atoms with Gasteiger partial charge in [-0.2, -0.15) is 0 Å². The van der Waals surface area contributed by atoms with Gasteiger partial charge in [0.25, 0.3) is 0 Å². The lowest BCUT2D eigenvalue weighted by molar-refractivity contribution is -0.143. The predicted molar refractivity (Wildman–Crippen MR) is 114 cm³/mol. The molecule has 9 nitrogen and oxygen atoms in total. The molecule has 1 aliphatic carbocycles. The zero-order valence-corrected chi connectivity index (χ0v) is 18.0. The van der Waals surface area contributed by atoms with Gasteiger partial charge in [0.15, 0.2) is 0 Å². The van der Waals surface area contributed by atoms with E-state index in [4.69, 9.17) is 9.47 Å². The number of benzene rings is 1. The molecule has 2 aromatic rings. The average molecular weight is 431 g/mol. The first-order valence-electron chi connectivity index (χ1n) is 10.8. The first-order valence-corrected chi connectivity index (χ1v) is 10.8. The Balaban J connectivity index is 1.61. The molecular formula is C22H30N4O5. The number of alkyl carbamates (subject to hydrolysis) is 1. The maximum absolute atomic E-state index is 11.8. The molecule has 0 spiro atoms. The van der Waals surface area contributed by atoms with Gasteiger partial charge in [-0.3, -0.25) is 4.79 Å². The average Bonchev–Trinajstić information content (AvgIpc) is 3.13. The molecule has 0 bridgehead atoms. The number of rotatable bonds is 9. The van der Waals surface area contributed by atoms with E-state index in [1.54, 1.807) is 11.7 Å². The Labute approximate surface area is 181 Å². The van der Waals surface area contributed by atoms with Crippen molar-refractivity contribution >= 4 is 12.1 Å². The van der Waals surface area contributed by atoms with Crippen molar-refractivity contribution in [3.63, 3.8) is 0 Å². The molecule has 9 heteroatoms. The van der Waals surface area contributed by atoms with Crippen LogP contribution in [0.4, 0.5) is 4.79 Å². The first kappa shape index (κ1) is 22.6. The molecule has 1 amide bonds. The molecule has 1 aliphatic rings. The number of carboxylic acid groups (broad SMARTS) is 1. The minimum atomic E-state index is -0.748. The van der Waals surface area contributed by atoms with E-state index < -0.39 is 12.1 Å². The number of amides is 1. The van der Waals surface area contributed by atoms with Gasteiger partial charge in [-0.25, -0.2) is 9.48 Å². The highest BCUT2D eigenvalue weighted by Gasteiger charge is 2.28. The van der Waals surface area contributed by atoms with Crippen molar-refractivity contribution in [2.45, 2.75) is 58.1 Å². The minimum absolute atomic E-state index is 0.0873. The normalized spacial score (nSPS) is 18.4. The third-order valence-corrected chi connectivity index (χ3v) is 5.48. The summed E-state index contributed by atoms with van der Waals surface area (Å²) in [5.74, 6) is -0.383. The topological polar surface area (TPSA) is 116 Å². The summed E-state index contributed by atoms with van der Waals surface area (Å²) in [4.78, 5) is 23.1. The number of carbonyl (C=O) groups excluding carboxylic acids is 1. The highest BCUT2D eigenvalue weighted by Crippen LogP contribution is 2.29. The number of aliphatic carboxylic acids is 1. The van der Waals surface area contributed by atoms with E-state index in [0.717, 1.165) is 36.9 Å². The highest BCUT2D eigenvalue weighted by atomic mass is 16.5. The number of unbranched alkanes of at least 4 members (excludes halogenated alkanes) is 1. The third-order valence-electron chi connectivity index (χ3n) is 5.48. The maximum Gasteiger partial charge on any atom is 0.407 e. The molecule has 1 aromatic carbocycles. The van der Waals surface area contributed by atoms with Crippen LogP contribution < -0.4 is 10.1 Å². The smallest absolute Gasteiger partial charge is 0.407 e. The Hall–Kier alpha value is -3.10. The summed E-state index contributed by atoms with van der Waals surface area (Å²) >= 11 is 0. The molecule has 168 valence electrons. The number of carbonyl (C=O) groups is 2. The van der Waals surface area contributed by atoms with Crippen molar-refractivity contribution in [1.82, 2.24) is 20.3 Å². The second-order valence-corrected chi connectivity index (χ2v) is 7.82. The molecule has 0 saturated heterocycles. The summed E-state index contributed by atoms with van der Waals surface area (Å²) in [6.07, 6.45) is 4.21. The molecule has 2 N–H and O–H groups in total. The predicted octanol–water partition coefficient (Wildman–Crippen LogP) is 3.53. The molecule has 3 rings (SSSR count). The van der Waals surface area contributed by atoms with Crippen LogP contribution in [0.25, 0.3) is 11.3 Å². The van der Waals surface area contributed by atoms with Crippen LogP contribution >= 0.6 is 0 Å². The van der Waals surface area contributed by atoms with E-state index in [0.29, 0.717) is 30.9 Å². The molecule has 1 saturated carbocycles. The van der Waals surface area contributed by atoms with E-state index in [-0.39, 0.29) is 18.6 Å². The summed E-state index contributed by atoms with van der Waals surface area (Å²) in [7, 11) is 1.77. The van der Waals surface area contributed by atoms with Crippen molar-refractivity contribution in [3.05, 3.63) is 30.0 Å². The first-order chi connectivity index (χ1) is 15.0. The number of nitrogens with one attached hydrogen (secondary N) is 1. The second kappa shape index (κ2) is 10.8. The van der Waals surface area contributed by atoms with E-state index in [2.05, 4.69) is 15.6 Å². The number of ether oxygens (including phenoxy) is 2. The number of nitrogens with zero attached hydrogens (tertiary/aromatic N) is 3. The third kappa shape index (κ3) is 6.19. The SMILES string of the molecule is CCCCOC(=O)NCc1c(-c2ccc(O[C@@H]3CCC[C@@H](C(=O)O)C3)cc2)nnn1C. The monoisotopic (exact) mass is 430 g/mol. The molecule has 1 heterocycles. The number of hydrogen-bond donors (Lipinski definition) is 2. The van der Waals surface area contributed by atoms with Crippen molar-refractivity contribution in [2.75, 3.05) is 6.61 Å². The lowest BCUT2D eigenvalue weighted by Crippen LogP contribution is -2.29. The Bertz CT molecular complexity index is 881. The van der Waals surface area contributed by atoms with Crippen LogP contribution in [-0.4, -0.2) is 44.9 Å². The van der Waals surface area contributed by atoms with Gasteiger partial charge in [0.05, 0.1) is 30.9 Å². The van der Waals surface area contributed by atoms with Crippen LogP contribution in [0.15, 0.2) is 24.3 Å². The van der Waals surface area contributed by atoms with Gasteiger partial charge in [-0.15, -0.1) is 5.10 Å². The lowest BCUT2D eigenvalue weighted by Gasteiger charge is -2.27. The van der Waals surface area contributed by atoms with E-state index in [1.807, 2.05) is 31.2 Å². The van der Waals surface area contributed by atoms with Gasteiger partial charge in [0, 0.05) is 12.6 Å². The Morgan fingerprint density at radius 2 is 2.03 bits per heavy atom. The fourth-order valence-electron chi connectivity index (χ4n) is 3.68. The van der Waals surface area contributed by atoms with Crippen molar-refractivity contribution < 1.29 is 24.2 Å². The summed E-state index contributed by atoms with van der Waals surface area (Å²) in [5, 5.41) is 20.3. The summed E-state index contributed by atoms with van der Waals surface area (Å²) in [6.45, 7) is 2.68. The van der Waals surface area contributed by atoms with Gasteiger partial charge < -0.3 is 19.9 Å². The molecule has 2 atom stereocenters. The van der Waals surface area contributed by atoms with Gasteiger partial charge in [0.2, 0.25) is 0 Å². The van der Waals surface area contributed by atoms with Crippen LogP contribution in [-0.2, 0) is 23.1 Å². The molecule has 0 unspecified atom stereocenters. The highest BCUT2D eigenvalue weighted by molar-refractivity contribution is 5.70. The van der Waals surface area contributed by atoms with Crippen LogP contribution in [0.3, 0.4) is 0 Å². The number of carboxylic acids is 1. The lowest BCUT2D eigenvalue weighted by atomic mass is 9.87. The molecule has 0 aliphatic heterocycles. The molecule has 31 heavy (non-hydrogen) atoms. The van der Waals surface area contributed by atoms with Crippen molar-refractivity contribution in [2.24, 2.45) is 13.0 Å². The summed E-state index contributed by atoms with van der Waals surface area (Å²) < 4.78 is 12.8. The zero-order valence-electron chi connectivity index (χ0n) is 18.0. The summed E-state index contributed by atoms with van der Waals surface area (Å²) in [6, 6.07) is 7.48. The van der Waals surface area contributed by atoms with Gasteiger partial charge in [-0.1, -0.05) is 18.6 Å². The number of aryl methyl sites for hydroxylation is 1. The Morgan fingerprint density at radius 3 is 2.74 bits per heavy atom. The fourth-order valence-corrected chi connectivity index (χ4v) is 3.68.